The van der Waals surface area contributed by atoms with E-state index in [9.17, 15) is 21.6 Å². The molecule has 0 radical (unpaired) electrons. The number of nitrogens with one attached hydrogen (secondary N) is 1. The maximum Gasteiger partial charge on any atom is 0.501 e. The zero-order chi connectivity index (χ0) is 21.7. The van der Waals surface area contributed by atoms with E-state index in [1.54, 1.807) is 12.3 Å². The summed E-state index contributed by atoms with van der Waals surface area (Å²) in [6.45, 7) is 1.89. The molecule has 0 unspecified atom stereocenters. The van der Waals surface area contributed by atoms with Crippen LogP contribution in [0, 0.1) is 5.41 Å². The number of pyridine rings is 1. The third kappa shape index (κ3) is 3.63. The van der Waals surface area contributed by atoms with E-state index in [2.05, 4.69) is 9.88 Å². The lowest BCUT2D eigenvalue weighted by molar-refractivity contribution is -0.0436. The zero-order valence-electron chi connectivity index (χ0n) is 15.9. The molecule has 0 atom stereocenters. The molecule has 1 spiro atoms. The number of aromatic nitrogens is 1. The second-order valence-electron chi connectivity index (χ2n) is 7.67. The van der Waals surface area contributed by atoms with Crippen LogP contribution < -0.4 is 10.6 Å². The van der Waals surface area contributed by atoms with Gasteiger partial charge in [0.15, 0.2) is 0 Å². The van der Waals surface area contributed by atoms with Crippen LogP contribution in [0.1, 0.15) is 24.1 Å². The highest BCUT2D eigenvalue weighted by Crippen LogP contribution is 2.47. The minimum atomic E-state index is -5.35. The fourth-order valence-corrected chi connectivity index (χ4v) is 4.54. The van der Waals surface area contributed by atoms with Gasteiger partial charge < -0.3 is 10.6 Å². The minimum absolute atomic E-state index is 0.00360. The highest BCUT2D eigenvalue weighted by molar-refractivity contribution is 7.92. The Labute approximate surface area is 171 Å². The first-order chi connectivity index (χ1) is 14.0. The molecule has 0 amide bonds. The molecule has 2 aliphatic rings. The Bertz CT molecular complexity index is 1080. The van der Waals surface area contributed by atoms with Gasteiger partial charge in [-0.05, 0) is 54.8 Å². The molecule has 0 bridgehead atoms. The molecule has 1 aliphatic carbocycles. The van der Waals surface area contributed by atoms with Crippen LogP contribution >= 0.6 is 0 Å². The number of nitrogens with two attached hydrogens (primary N) is 1. The molecule has 2 aromatic rings. The number of hydrogen-bond acceptors (Lipinski definition) is 6. The molecule has 160 valence electrons. The normalized spacial score (nSPS) is 18.7. The fraction of sp³-hybridized carbons (Fsp3) is 0.368. The quantitative estimate of drug-likeness (QED) is 0.548. The van der Waals surface area contributed by atoms with Crippen molar-refractivity contribution in [3.05, 3.63) is 53.9 Å². The van der Waals surface area contributed by atoms with E-state index < -0.39 is 20.2 Å². The summed E-state index contributed by atoms with van der Waals surface area (Å²) in [6, 6.07) is 8.47. The summed E-state index contributed by atoms with van der Waals surface area (Å²) >= 11 is 0. The van der Waals surface area contributed by atoms with Crippen LogP contribution in [0.2, 0.25) is 0 Å². The van der Waals surface area contributed by atoms with Crippen molar-refractivity contribution >= 4 is 21.4 Å². The van der Waals surface area contributed by atoms with E-state index in [0.29, 0.717) is 31.1 Å². The predicted octanol–water partition coefficient (Wildman–Crippen LogP) is 2.47. The second-order valence-corrected chi connectivity index (χ2v) is 9.61. The van der Waals surface area contributed by atoms with Gasteiger partial charge in [0.05, 0.1) is 11.6 Å². The number of amidine groups is 1. The van der Waals surface area contributed by atoms with Crippen molar-refractivity contribution in [3.63, 3.8) is 0 Å². The molecule has 2 fully saturated rings. The molecular weight excluding hydrogens is 419 g/mol. The number of nitrogen functional groups attached to an aromatic ring is 1. The molecule has 3 N–H and O–H groups in total. The van der Waals surface area contributed by atoms with E-state index in [1.165, 1.54) is 12.1 Å². The topological polar surface area (TPSA) is 103 Å². The number of benzene rings is 1. The van der Waals surface area contributed by atoms with Crippen LogP contribution in [0.15, 0.2) is 47.5 Å². The molecule has 1 aliphatic heterocycles. The first-order valence-corrected chi connectivity index (χ1v) is 10.7. The molecule has 1 aromatic heterocycles. The van der Waals surface area contributed by atoms with Gasteiger partial charge in [-0.15, -0.1) is 0 Å². The molecule has 11 heteroatoms. The summed E-state index contributed by atoms with van der Waals surface area (Å²) in [5.41, 5.74) is 2.24. The maximum absolute atomic E-state index is 12.7. The monoisotopic (exact) mass is 439 g/mol. The Kier molecular flexibility index (Phi) is 4.77. The van der Waals surface area contributed by atoms with Crippen molar-refractivity contribution in [2.75, 3.05) is 18.1 Å². The van der Waals surface area contributed by atoms with Gasteiger partial charge in [-0.25, -0.2) is 8.42 Å². The second kappa shape index (κ2) is 6.95. The molecule has 1 aromatic carbocycles. The van der Waals surface area contributed by atoms with Crippen LogP contribution in [0.4, 0.5) is 18.9 Å². The van der Waals surface area contributed by atoms with E-state index in [0.717, 1.165) is 30.5 Å². The van der Waals surface area contributed by atoms with Crippen LogP contribution in [0.5, 0.6) is 0 Å². The van der Waals surface area contributed by atoms with Crippen molar-refractivity contribution in [1.29, 1.82) is 5.41 Å². The van der Waals surface area contributed by atoms with Gasteiger partial charge in [-0.2, -0.15) is 13.2 Å². The van der Waals surface area contributed by atoms with E-state index in [1.807, 2.05) is 11.0 Å². The van der Waals surface area contributed by atoms with Crippen molar-refractivity contribution in [2.45, 2.75) is 35.3 Å². The summed E-state index contributed by atoms with van der Waals surface area (Å²) in [6.07, 6.45) is 3.63. The van der Waals surface area contributed by atoms with Gasteiger partial charge in [0.2, 0.25) is 0 Å². The number of hydrogen-bond donors (Lipinski definition) is 2. The lowest BCUT2D eigenvalue weighted by atomic mass is 10.1. The molecule has 7 nitrogen and oxygen atoms in total. The number of alkyl halides is 3. The van der Waals surface area contributed by atoms with Crippen LogP contribution in [-0.4, -0.2) is 48.4 Å². The van der Waals surface area contributed by atoms with Gasteiger partial charge in [0.25, 0.3) is 9.84 Å². The van der Waals surface area contributed by atoms with Crippen molar-refractivity contribution < 1.29 is 21.6 Å². The van der Waals surface area contributed by atoms with Crippen LogP contribution in [-0.2, 0) is 16.4 Å². The Balaban J connectivity index is 1.51. The van der Waals surface area contributed by atoms with E-state index in [-0.39, 0.29) is 11.4 Å². The highest BCUT2D eigenvalue weighted by Gasteiger charge is 2.53. The predicted molar refractivity (Wildman–Crippen MR) is 105 cm³/mol. The average molecular weight is 439 g/mol. The first kappa shape index (κ1) is 20.6. The number of halogens is 3. The van der Waals surface area contributed by atoms with Gasteiger partial charge in [-0.1, -0.05) is 0 Å². The number of nitrogens with zero attached hydrogens (tertiary/aromatic N) is 3. The zero-order valence-corrected chi connectivity index (χ0v) is 16.7. The third-order valence-electron chi connectivity index (χ3n) is 5.62. The van der Waals surface area contributed by atoms with Crippen molar-refractivity contribution in [3.8, 4) is 0 Å². The number of sulfone groups is 1. The maximum atomic E-state index is 12.7. The van der Waals surface area contributed by atoms with Crippen LogP contribution in [0.25, 0.3) is 0 Å². The fourth-order valence-electron chi connectivity index (χ4n) is 3.78. The molecule has 2 heterocycles. The van der Waals surface area contributed by atoms with E-state index >= 15 is 0 Å². The van der Waals surface area contributed by atoms with Gasteiger partial charge in [-0.3, -0.25) is 15.3 Å². The first-order valence-electron chi connectivity index (χ1n) is 9.23. The summed E-state index contributed by atoms with van der Waals surface area (Å²) in [5.74, 6) is -0.102. The highest BCUT2D eigenvalue weighted by atomic mass is 32.2. The summed E-state index contributed by atoms with van der Waals surface area (Å²) in [5, 5.41) is 7.53. The number of rotatable bonds is 5. The minimum Gasteiger partial charge on any atom is -0.382 e. The SMILES string of the molecule is N=C(N)c1cc(CN2CN(c3ccc(S(=O)(=O)C(F)(F)F)cc3)CC23CC3)ccn1. The molecule has 30 heavy (non-hydrogen) atoms. The van der Waals surface area contributed by atoms with E-state index in [4.69, 9.17) is 11.1 Å². The third-order valence-corrected chi connectivity index (χ3v) is 7.12. The molecule has 1 saturated heterocycles. The Morgan fingerprint density at radius 2 is 1.87 bits per heavy atom. The Morgan fingerprint density at radius 1 is 1.20 bits per heavy atom. The molecule has 1 saturated carbocycles. The largest absolute Gasteiger partial charge is 0.501 e. The summed E-state index contributed by atoms with van der Waals surface area (Å²) < 4.78 is 61.3. The summed E-state index contributed by atoms with van der Waals surface area (Å²) in [7, 11) is -5.35. The van der Waals surface area contributed by atoms with Gasteiger partial charge in [0.1, 0.15) is 11.5 Å². The summed E-state index contributed by atoms with van der Waals surface area (Å²) in [4.78, 5) is 7.62. The van der Waals surface area contributed by atoms with Crippen LogP contribution in [0.3, 0.4) is 0 Å². The number of anilines is 1. The standard InChI is InChI=1S/C19H20F3N5O2S/c20-19(21,22)30(28,29)15-3-1-14(2-4-15)26-11-18(6-7-18)27(12-26)10-13-5-8-25-16(9-13)17(23)24/h1-5,8-9H,6-7,10-12H2,(H3,23,24). The smallest absolute Gasteiger partial charge is 0.382 e. The molecular formula is C19H20F3N5O2S. The Morgan fingerprint density at radius 3 is 2.43 bits per heavy atom. The molecule has 4 rings (SSSR count). The van der Waals surface area contributed by atoms with Crippen molar-refractivity contribution in [1.82, 2.24) is 9.88 Å². The van der Waals surface area contributed by atoms with Gasteiger partial charge >= 0.3 is 5.51 Å². The Hall–Kier alpha value is -2.66. The van der Waals surface area contributed by atoms with Crippen molar-refractivity contribution in [2.24, 2.45) is 5.73 Å². The average Bonchev–Trinajstić information content (AvgIpc) is 3.38. The lowest BCUT2D eigenvalue weighted by Gasteiger charge is -2.22. The van der Waals surface area contributed by atoms with Gasteiger partial charge in [0, 0.05) is 30.5 Å². The lowest BCUT2D eigenvalue weighted by Crippen LogP contribution is -2.32.